The molecule has 96 valence electrons. The number of hydrogen-bond acceptors (Lipinski definition) is 3. The Morgan fingerprint density at radius 2 is 2.17 bits per heavy atom. The van der Waals surface area contributed by atoms with Crippen LogP contribution in [0.2, 0.25) is 0 Å². The van der Waals surface area contributed by atoms with Gasteiger partial charge >= 0.3 is 5.69 Å². The molecular formula is C13H17N3O2. The van der Waals surface area contributed by atoms with E-state index in [-0.39, 0.29) is 5.69 Å². The molecule has 3 rings (SSSR count). The van der Waals surface area contributed by atoms with Gasteiger partial charge in [-0.2, -0.15) is 0 Å². The molecule has 0 N–H and O–H groups in total. The van der Waals surface area contributed by atoms with E-state index >= 15 is 0 Å². The van der Waals surface area contributed by atoms with Crippen LogP contribution >= 0.6 is 0 Å². The third-order valence-corrected chi connectivity index (χ3v) is 3.75. The first-order valence-corrected chi connectivity index (χ1v) is 6.07. The van der Waals surface area contributed by atoms with Crippen LogP contribution in [-0.2, 0) is 13.0 Å². The first-order valence-electron chi connectivity index (χ1n) is 6.07. The first-order chi connectivity index (χ1) is 8.63. The van der Waals surface area contributed by atoms with E-state index in [1.165, 1.54) is 17.4 Å². The predicted molar refractivity (Wildman–Crippen MR) is 69.9 cm³/mol. The van der Waals surface area contributed by atoms with Crippen molar-refractivity contribution in [2.24, 2.45) is 0 Å². The van der Waals surface area contributed by atoms with Gasteiger partial charge in [-0.25, -0.2) is 4.79 Å². The van der Waals surface area contributed by atoms with Crippen molar-refractivity contribution in [3.05, 3.63) is 34.2 Å². The summed E-state index contributed by atoms with van der Waals surface area (Å²) in [5, 5.41) is 0. The summed E-state index contributed by atoms with van der Waals surface area (Å²) < 4.78 is 3.19. The van der Waals surface area contributed by atoms with Crippen molar-refractivity contribution in [3.8, 4) is 0 Å². The second kappa shape index (κ2) is 3.88. The van der Waals surface area contributed by atoms with Crippen LogP contribution in [0.1, 0.15) is 5.56 Å². The van der Waals surface area contributed by atoms with Crippen LogP contribution in [0, 0.1) is 0 Å². The van der Waals surface area contributed by atoms with Gasteiger partial charge in [-0.15, -0.1) is 4.73 Å². The normalized spacial score (nSPS) is 18.6. The Morgan fingerprint density at radius 3 is 2.83 bits per heavy atom. The Morgan fingerprint density at radius 1 is 1.39 bits per heavy atom. The molecule has 1 aromatic heterocycles. The molecule has 1 aromatic carbocycles. The van der Waals surface area contributed by atoms with Crippen molar-refractivity contribution in [3.63, 3.8) is 0 Å². The van der Waals surface area contributed by atoms with Gasteiger partial charge in [-0.3, -0.25) is 4.57 Å². The SMILES string of the molecule is COn1c(=O)n2c3c(cccc31)CC(N(C)C)C2. The lowest BCUT2D eigenvalue weighted by Crippen LogP contribution is -2.40. The summed E-state index contributed by atoms with van der Waals surface area (Å²) in [6, 6.07) is 6.35. The van der Waals surface area contributed by atoms with Gasteiger partial charge in [-0.05, 0) is 32.1 Å². The number of para-hydroxylation sites is 1. The molecule has 2 aromatic rings. The zero-order chi connectivity index (χ0) is 12.9. The van der Waals surface area contributed by atoms with Gasteiger partial charge in [-0.1, -0.05) is 12.1 Å². The lowest BCUT2D eigenvalue weighted by atomic mass is 10.00. The van der Waals surface area contributed by atoms with E-state index in [2.05, 4.69) is 11.0 Å². The van der Waals surface area contributed by atoms with Crippen LogP contribution in [0.25, 0.3) is 11.0 Å². The van der Waals surface area contributed by atoms with E-state index in [1.807, 2.05) is 30.8 Å². The highest BCUT2D eigenvalue weighted by molar-refractivity contribution is 5.80. The Labute approximate surface area is 105 Å². The molecule has 0 fully saturated rings. The average molecular weight is 247 g/mol. The lowest BCUT2D eigenvalue weighted by Gasteiger charge is -2.28. The maximum atomic E-state index is 12.3. The van der Waals surface area contributed by atoms with Gasteiger partial charge in [0.15, 0.2) is 0 Å². The minimum absolute atomic E-state index is 0.0912. The number of likely N-dealkylation sites (N-methyl/N-ethyl adjacent to an activating group) is 1. The van der Waals surface area contributed by atoms with E-state index in [0.717, 1.165) is 24.0 Å². The smallest absolute Gasteiger partial charge is 0.362 e. The zero-order valence-electron chi connectivity index (χ0n) is 10.9. The highest BCUT2D eigenvalue weighted by Gasteiger charge is 2.26. The molecule has 1 aliphatic rings. The summed E-state index contributed by atoms with van der Waals surface area (Å²) in [6.45, 7) is 0.718. The standard InChI is InChI=1S/C13H17N3O2/c1-14(2)10-7-9-5-4-6-11-12(9)15(8-10)13(17)16(11)18-3/h4-6,10H,7-8H2,1-3H3. The molecule has 5 nitrogen and oxygen atoms in total. The highest BCUT2D eigenvalue weighted by atomic mass is 16.7. The zero-order valence-corrected chi connectivity index (χ0v) is 10.9. The predicted octanol–water partition coefficient (Wildman–Crippen LogP) is 0.348. The Hall–Kier alpha value is -1.75. The number of benzene rings is 1. The summed E-state index contributed by atoms with van der Waals surface area (Å²) in [7, 11) is 5.63. The number of hydrogen-bond donors (Lipinski definition) is 0. The Kier molecular flexibility index (Phi) is 2.45. The summed E-state index contributed by atoms with van der Waals surface area (Å²) in [5.41, 5.74) is 3.00. The number of rotatable bonds is 2. The minimum Gasteiger partial charge on any atom is -0.412 e. The second-order valence-corrected chi connectivity index (χ2v) is 4.98. The summed E-state index contributed by atoms with van der Waals surface area (Å²) >= 11 is 0. The second-order valence-electron chi connectivity index (χ2n) is 4.98. The number of aromatic nitrogens is 2. The lowest BCUT2D eigenvalue weighted by molar-refractivity contribution is 0.163. The van der Waals surface area contributed by atoms with Gasteiger partial charge < -0.3 is 9.74 Å². The van der Waals surface area contributed by atoms with E-state index in [9.17, 15) is 4.79 Å². The largest absolute Gasteiger partial charge is 0.412 e. The maximum absolute atomic E-state index is 12.3. The van der Waals surface area contributed by atoms with Gasteiger partial charge in [0, 0.05) is 12.6 Å². The van der Waals surface area contributed by atoms with Crippen LogP contribution in [0.4, 0.5) is 0 Å². The highest BCUT2D eigenvalue weighted by Crippen LogP contribution is 2.25. The summed E-state index contributed by atoms with van der Waals surface area (Å²) in [5.74, 6) is 0. The molecule has 1 aliphatic heterocycles. The van der Waals surface area contributed by atoms with Crippen LogP contribution < -0.4 is 10.5 Å². The van der Waals surface area contributed by atoms with Gasteiger partial charge in [0.25, 0.3) is 0 Å². The molecule has 0 saturated carbocycles. The molecule has 0 saturated heterocycles. The Bertz CT molecular complexity index is 654. The van der Waals surface area contributed by atoms with Crippen LogP contribution in [0.3, 0.4) is 0 Å². The van der Waals surface area contributed by atoms with E-state index in [4.69, 9.17) is 4.84 Å². The van der Waals surface area contributed by atoms with Crippen molar-refractivity contribution in [1.82, 2.24) is 14.2 Å². The fourth-order valence-electron chi connectivity index (χ4n) is 2.75. The molecule has 0 radical (unpaired) electrons. The molecule has 18 heavy (non-hydrogen) atoms. The maximum Gasteiger partial charge on any atom is 0.362 e. The molecule has 2 heterocycles. The molecule has 1 unspecified atom stereocenters. The fraction of sp³-hybridized carbons (Fsp3) is 0.462. The fourth-order valence-corrected chi connectivity index (χ4v) is 2.75. The molecule has 5 heteroatoms. The molecule has 1 atom stereocenters. The van der Waals surface area contributed by atoms with Gasteiger partial charge in [0.05, 0.1) is 5.52 Å². The minimum atomic E-state index is -0.0912. The third kappa shape index (κ3) is 1.40. The molecular weight excluding hydrogens is 230 g/mol. The average Bonchev–Trinajstić information content (AvgIpc) is 2.64. The molecule has 0 bridgehead atoms. The van der Waals surface area contributed by atoms with E-state index in [1.54, 1.807) is 0 Å². The molecule has 0 aliphatic carbocycles. The quantitative estimate of drug-likeness (QED) is 0.768. The van der Waals surface area contributed by atoms with Gasteiger partial charge in [0.2, 0.25) is 0 Å². The van der Waals surface area contributed by atoms with Crippen molar-refractivity contribution >= 4 is 11.0 Å². The summed E-state index contributed by atoms with van der Waals surface area (Å²) in [6.07, 6.45) is 0.970. The third-order valence-electron chi connectivity index (χ3n) is 3.75. The monoisotopic (exact) mass is 247 g/mol. The van der Waals surface area contributed by atoms with E-state index < -0.39 is 0 Å². The van der Waals surface area contributed by atoms with Crippen molar-refractivity contribution in [2.45, 2.75) is 19.0 Å². The van der Waals surface area contributed by atoms with Crippen LogP contribution in [-0.4, -0.2) is 41.4 Å². The topological polar surface area (TPSA) is 39.4 Å². The van der Waals surface area contributed by atoms with Crippen molar-refractivity contribution in [1.29, 1.82) is 0 Å². The summed E-state index contributed by atoms with van der Waals surface area (Å²) in [4.78, 5) is 19.6. The van der Waals surface area contributed by atoms with Crippen molar-refractivity contribution in [2.75, 3.05) is 21.2 Å². The van der Waals surface area contributed by atoms with Gasteiger partial charge in [0.1, 0.15) is 12.6 Å². The van der Waals surface area contributed by atoms with E-state index in [0.29, 0.717) is 6.04 Å². The molecule has 0 spiro atoms. The molecule has 0 amide bonds. The number of imidazole rings is 1. The van der Waals surface area contributed by atoms with Crippen molar-refractivity contribution < 1.29 is 4.84 Å². The Balaban J connectivity index is 2.30. The first kappa shape index (κ1) is 11.3. The number of nitrogens with zero attached hydrogens (tertiary/aromatic N) is 3. The van der Waals surface area contributed by atoms with Crippen LogP contribution in [0.5, 0.6) is 0 Å². The van der Waals surface area contributed by atoms with Crippen LogP contribution in [0.15, 0.2) is 23.0 Å².